The predicted octanol–water partition coefficient (Wildman–Crippen LogP) is 4.90. The van der Waals surface area contributed by atoms with Crippen molar-refractivity contribution in [2.75, 3.05) is 5.32 Å². The Labute approximate surface area is 161 Å². The van der Waals surface area contributed by atoms with Crippen LogP contribution in [0.1, 0.15) is 62.2 Å². The van der Waals surface area contributed by atoms with Gasteiger partial charge in [0.05, 0.1) is 18.3 Å². The van der Waals surface area contributed by atoms with Gasteiger partial charge in [-0.1, -0.05) is 12.1 Å². The smallest absolute Gasteiger partial charge is 0.408 e. The van der Waals surface area contributed by atoms with Crippen LogP contribution in [0.3, 0.4) is 0 Å². The molecule has 1 aliphatic rings. The van der Waals surface area contributed by atoms with E-state index in [2.05, 4.69) is 33.8 Å². The van der Waals surface area contributed by atoms with Gasteiger partial charge in [0.2, 0.25) is 0 Å². The van der Waals surface area contributed by atoms with E-state index in [0.717, 1.165) is 36.3 Å². The zero-order valence-electron chi connectivity index (χ0n) is 16.6. The summed E-state index contributed by atoms with van der Waals surface area (Å²) in [5.74, 6) is 0. The largest absolute Gasteiger partial charge is 0.444 e. The molecule has 0 spiro atoms. The van der Waals surface area contributed by atoms with Gasteiger partial charge in [-0.25, -0.2) is 4.79 Å². The Morgan fingerprint density at radius 3 is 2.81 bits per heavy atom. The third kappa shape index (κ3) is 5.46. The van der Waals surface area contributed by atoms with Crippen molar-refractivity contribution in [1.29, 1.82) is 0 Å². The van der Waals surface area contributed by atoms with Gasteiger partial charge in [-0.2, -0.15) is 0 Å². The first kappa shape index (κ1) is 19.2. The molecule has 1 amide bonds. The van der Waals surface area contributed by atoms with Gasteiger partial charge >= 0.3 is 6.09 Å². The highest BCUT2D eigenvalue weighted by Gasteiger charge is 2.24. The van der Waals surface area contributed by atoms with Crippen LogP contribution in [0.4, 0.5) is 10.5 Å². The summed E-state index contributed by atoms with van der Waals surface area (Å²) in [6, 6.07) is 12.4. The number of carbonyl (C=O) groups is 1. The summed E-state index contributed by atoms with van der Waals surface area (Å²) in [5, 5.41) is 6.48. The van der Waals surface area contributed by atoms with Crippen molar-refractivity contribution >= 4 is 11.8 Å². The lowest BCUT2D eigenvalue weighted by molar-refractivity contribution is 0.0498. The molecule has 0 fully saturated rings. The standard InChI is InChI=1S/C22H29N3O2/c1-15-7-5-9-18(24-15)14-23-17-12-11-16-8-6-10-20(19(16)13-17)25-21(26)27-22(2,3)4/h5,7,9,11-13,20,23H,6,8,10,14H2,1-4H3,(H,25,26). The Morgan fingerprint density at radius 1 is 1.26 bits per heavy atom. The molecule has 0 saturated carbocycles. The van der Waals surface area contributed by atoms with E-state index in [-0.39, 0.29) is 12.1 Å². The molecule has 2 N–H and O–H groups in total. The molecule has 27 heavy (non-hydrogen) atoms. The second kappa shape index (κ2) is 7.99. The first-order valence-electron chi connectivity index (χ1n) is 9.59. The van der Waals surface area contributed by atoms with Gasteiger partial charge in [0.25, 0.3) is 0 Å². The van der Waals surface area contributed by atoms with E-state index in [9.17, 15) is 4.79 Å². The van der Waals surface area contributed by atoms with Crippen LogP contribution in [-0.4, -0.2) is 16.7 Å². The lowest BCUT2D eigenvalue weighted by atomic mass is 9.87. The fourth-order valence-corrected chi connectivity index (χ4v) is 3.40. The Bertz CT molecular complexity index is 811. The number of benzene rings is 1. The topological polar surface area (TPSA) is 63.2 Å². The molecule has 1 aromatic heterocycles. The van der Waals surface area contributed by atoms with Crippen LogP contribution in [0.2, 0.25) is 0 Å². The highest BCUT2D eigenvalue weighted by molar-refractivity contribution is 5.69. The van der Waals surface area contributed by atoms with E-state index in [0.29, 0.717) is 6.54 Å². The third-order valence-corrected chi connectivity index (χ3v) is 4.57. The number of nitrogens with one attached hydrogen (secondary N) is 2. The minimum absolute atomic E-state index is 0.0116. The van der Waals surface area contributed by atoms with Crippen LogP contribution >= 0.6 is 0 Å². The van der Waals surface area contributed by atoms with Crippen molar-refractivity contribution in [3.8, 4) is 0 Å². The van der Waals surface area contributed by atoms with Gasteiger partial charge < -0.3 is 15.4 Å². The average molecular weight is 367 g/mol. The van der Waals surface area contributed by atoms with Gasteiger partial charge in [-0.3, -0.25) is 4.98 Å². The molecule has 1 unspecified atom stereocenters. The van der Waals surface area contributed by atoms with Crippen LogP contribution in [0, 0.1) is 6.92 Å². The maximum Gasteiger partial charge on any atom is 0.408 e. The molecule has 5 heteroatoms. The number of aryl methyl sites for hydroxylation is 2. The van der Waals surface area contributed by atoms with Crippen molar-refractivity contribution in [2.45, 2.75) is 65.1 Å². The molecule has 144 valence electrons. The van der Waals surface area contributed by atoms with E-state index in [1.165, 1.54) is 11.1 Å². The zero-order valence-corrected chi connectivity index (χ0v) is 16.6. The Hall–Kier alpha value is -2.56. The molecule has 1 aromatic carbocycles. The first-order chi connectivity index (χ1) is 12.8. The summed E-state index contributed by atoms with van der Waals surface area (Å²) in [7, 11) is 0. The quantitative estimate of drug-likeness (QED) is 0.806. The van der Waals surface area contributed by atoms with Crippen LogP contribution in [-0.2, 0) is 17.7 Å². The lowest BCUT2D eigenvalue weighted by Gasteiger charge is -2.28. The Kier molecular flexibility index (Phi) is 5.68. The summed E-state index contributed by atoms with van der Waals surface area (Å²) < 4.78 is 5.43. The SMILES string of the molecule is Cc1cccc(CNc2ccc3c(c2)C(NC(=O)OC(C)(C)C)CCC3)n1. The summed E-state index contributed by atoms with van der Waals surface area (Å²) in [5.41, 5.74) is 5.04. The van der Waals surface area contributed by atoms with Crippen molar-refractivity contribution in [3.63, 3.8) is 0 Å². The number of ether oxygens (including phenoxy) is 1. The molecule has 0 saturated heterocycles. The molecule has 1 atom stereocenters. The minimum Gasteiger partial charge on any atom is -0.444 e. The zero-order chi connectivity index (χ0) is 19.4. The maximum absolute atomic E-state index is 12.2. The summed E-state index contributed by atoms with van der Waals surface area (Å²) in [6.07, 6.45) is 2.67. The molecule has 1 heterocycles. The van der Waals surface area contributed by atoms with Crippen molar-refractivity contribution in [2.24, 2.45) is 0 Å². The van der Waals surface area contributed by atoms with Gasteiger partial charge in [0.15, 0.2) is 0 Å². The number of anilines is 1. The Balaban J connectivity index is 1.70. The monoisotopic (exact) mass is 367 g/mol. The predicted molar refractivity (Wildman–Crippen MR) is 108 cm³/mol. The van der Waals surface area contributed by atoms with Gasteiger partial charge in [-0.15, -0.1) is 0 Å². The van der Waals surface area contributed by atoms with E-state index in [4.69, 9.17) is 4.74 Å². The van der Waals surface area contributed by atoms with Gasteiger partial charge in [0.1, 0.15) is 5.60 Å². The number of amides is 1. The molecule has 1 aliphatic carbocycles. The summed E-state index contributed by atoms with van der Waals surface area (Å²) in [4.78, 5) is 16.7. The highest BCUT2D eigenvalue weighted by atomic mass is 16.6. The van der Waals surface area contributed by atoms with Gasteiger partial charge in [-0.05, 0) is 82.3 Å². The van der Waals surface area contributed by atoms with Crippen LogP contribution in [0.5, 0.6) is 0 Å². The molecular formula is C22H29N3O2. The van der Waals surface area contributed by atoms with Crippen LogP contribution < -0.4 is 10.6 Å². The third-order valence-electron chi connectivity index (χ3n) is 4.57. The molecule has 3 rings (SSSR count). The minimum atomic E-state index is -0.494. The van der Waals surface area contributed by atoms with Crippen molar-refractivity contribution in [3.05, 3.63) is 58.9 Å². The first-order valence-corrected chi connectivity index (χ1v) is 9.59. The maximum atomic E-state index is 12.2. The van der Waals surface area contributed by atoms with E-state index in [1.54, 1.807) is 0 Å². The number of carbonyl (C=O) groups excluding carboxylic acids is 1. The van der Waals surface area contributed by atoms with E-state index >= 15 is 0 Å². The van der Waals surface area contributed by atoms with E-state index < -0.39 is 5.60 Å². The second-order valence-electron chi connectivity index (χ2n) is 8.13. The van der Waals surface area contributed by atoms with Crippen LogP contribution in [0.15, 0.2) is 36.4 Å². The summed E-state index contributed by atoms with van der Waals surface area (Å²) in [6.45, 7) is 8.30. The fraction of sp³-hybridized carbons (Fsp3) is 0.455. The number of hydrogen-bond acceptors (Lipinski definition) is 4. The number of alkyl carbamates (subject to hydrolysis) is 1. The fourth-order valence-electron chi connectivity index (χ4n) is 3.40. The number of pyridine rings is 1. The number of rotatable bonds is 4. The second-order valence-corrected chi connectivity index (χ2v) is 8.13. The number of fused-ring (bicyclic) bond motifs is 1. The molecule has 0 radical (unpaired) electrons. The summed E-state index contributed by atoms with van der Waals surface area (Å²) >= 11 is 0. The number of nitrogens with zero attached hydrogens (tertiary/aromatic N) is 1. The number of aromatic nitrogens is 1. The highest BCUT2D eigenvalue weighted by Crippen LogP contribution is 2.32. The molecule has 0 aliphatic heterocycles. The number of hydrogen-bond donors (Lipinski definition) is 2. The van der Waals surface area contributed by atoms with Gasteiger partial charge in [0, 0.05) is 11.4 Å². The van der Waals surface area contributed by atoms with Crippen molar-refractivity contribution in [1.82, 2.24) is 10.3 Å². The molecule has 5 nitrogen and oxygen atoms in total. The Morgan fingerprint density at radius 2 is 2.07 bits per heavy atom. The average Bonchev–Trinajstić information content (AvgIpc) is 2.59. The molecule has 0 bridgehead atoms. The normalized spacial score (nSPS) is 16.4. The lowest BCUT2D eigenvalue weighted by Crippen LogP contribution is -2.36. The van der Waals surface area contributed by atoms with Crippen molar-refractivity contribution < 1.29 is 9.53 Å². The van der Waals surface area contributed by atoms with E-state index in [1.807, 2.05) is 45.9 Å². The molecular weight excluding hydrogens is 338 g/mol. The van der Waals surface area contributed by atoms with Crippen LogP contribution in [0.25, 0.3) is 0 Å². The molecule has 2 aromatic rings.